The Kier molecular flexibility index (Phi) is 2.77. The molecular weight excluding hydrogens is 276 g/mol. The van der Waals surface area contributed by atoms with E-state index in [2.05, 4.69) is 22.3 Å². The minimum absolute atomic E-state index is 0.337. The number of nitrogens with zero attached hydrogens (tertiary/aromatic N) is 2. The van der Waals surface area contributed by atoms with E-state index in [1.54, 1.807) is 23.1 Å². The van der Waals surface area contributed by atoms with Crippen LogP contribution in [0.1, 0.15) is 19.3 Å². The molecular formula is C14H14N2OS2. The Morgan fingerprint density at radius 3 is 3.05 bits per heavy atom. The number of oxime groups is 1. The van der Waals surface area contributed by atoms with E-state index in [-0.39, 0.29) is 0 Å². The number of para-hydroxylation sites is 1. The van der Waals surface area contributed by atoms with Crippen molar-refractivity contribution in [2.45, 2.75) is 28.9 Å². The molecule has 0 radical (unpaired) electrons. The topological polar surface area (TPSA) is 45.5 Å². The average Bonchev–Trinajstić information content (AvgIpc) is 3.11. The molecule has 1 aromatic carbocycles. The Balaban J connectivity index is 1.64. The highest BCUT2D eigenvalue weighted by molar-refractivity contribution is 8.02. The van der Waals surface area contributed by atoms with Crippen LogP contribution in [0.15, 0.2) is 33.8 Å². The molecule has 1 heterocycles. The van der Waals surface area contributed by atoms with Gasteiger partial charge in [0.05, 0.1) is 21.2 Å². The number of hydrogen-bond donors (Lipinski definition) is 1. The summed E-state index contributed by atoms with van der Waals surface area (Å²) in [6.45, 7) is 0. The lowest BCUT2D eigenvalue weighted by Gasteiger charge is -2.20. The molecule has 2 bridgehead atoms. The van der Waals surface area contributed by atoms with Gasteiger partial charge in [0.2, 0.25) is 0 Å². The van der Waals surface area contributed by atoms with E-state index in [4.69, 9.17) is 0 Å². The first-order valence-corrected chi connectivity index (χ1v) is 8.29. The second kappa shape index (κ2) is 4.49. The first-order chi connectivity index (χ1) is 9.35. The van der Waals surface area contributed by atoms with Crippen molar-refractivity contribution in [2.75, 3.05) is 0 Å². The second-order valence-electron chi connectivity index (χ2n) is 5.28. The molecule has 0 saturated heterocycles. The number of fused-ring (bicyclic) bond motifs is 3. The smallest absolute Gasteiger partial charge is 0.151 e. The molecule has 2 aliphatic carbocycles. The molecule has 2 saturated carbocycles. The zero-order valence-electron chi connectivity index (χ0n) is 10.3. The van der Waals surface area contributed by atoms with Gasteiger partial charge in [0.25, 0.3) is 0 Å². The SMILES string of the molecule is O/N=C1/[C@H]2CC[C@@H](C2)[C@@H]1Sc1nc2ccccc2s1. The lowest BCUT2D eigenvalue weighted by atomic mass is 9.98. The van der Waals surface area contributed by atoms with E-state index < -0.39 is 0 Å². The Morgan fingerprint density at radius 1 is 1.32 bits per heavy atom. The van der Waals surface area contributed by atoms with Gasteiger partial charge < -0.3 is 5.21 Å². The first kappa shape index (κ1) is 11.7. The van der Waals surface area contributed by atoms with E-state index in [0.717, 1.165) is 15.6 Å². The molecule has 2 aromatic rings. The van der Waals surface area contributed by atoms with Gasteiger partial charge in [0.15, 0.2) is 4.34 Å². The van der Waals surface area contributed by atoms with E-state index in [1.165, 1.54) is 24.0 Å². The summed E-state index contributed by atoms with van der Waals surface area (Å²) in [5.41, 5.74) is 2.07. The van der Waals surface area contributed by atoms with Gasteiger partial charge in [0, 0.05) is 5.92 Å². The normalized spacial score (nSPS) is 31.6. The fourth-order valence-corrected chi connectivity index (χ4v) is 5.98. The van der Waals surface area contributed by atoms with E-state index in [0.29, 0.717) is 17.1 Å². The van der Waals surface area contributed by atoms with Gasteiger partial charge in [-0.3, -0.25) is 0 Å². The summed E-state index contributed by atoms with van der Waals surface area (Å²) in [4.78, 5) is 4.67. The quantitative estimate of drug-likeness (QED) is 0.671. The van der Waals surface area contributed by atoms with Crippen LogP contribution in [-0.2, 0) is 0 Å². The van der Waals surface area contributed by atoms with Crippen LogP contribution in [0.2, 0.25) is 0 Å². The van der Waals surface area contributed by atoms with Crippen molar-refractivity contribution in [3.8, 4) is 0 Å². The van der Waals surface area contributed by atoms with Gasteiger partial charge in [-0.25, -0.2) is 4.98 Å². The summed E-state index contributed by atoms with van der Waals surface area (Å²) in [5.74, 6) is 1.19. The number of hydrogen-bond acceptors (Lipinski definition) is 5. The Labute approximate surface area is 119 Å². The van der Waals surface area contributed by atoms with Crippen LogP contribution >= 0.6 is 23.1 Å². The van der Waals surface area contributed by atoms with Crippen LogP contribution in [0.3, 0.4) is 0 Å². The molecule has 0 aliphatic heterocycles. The maximum atomic E-state index is 9.23. The molecule has 3 nitrogen and oxygen atoms in total. The summed E-state index contributed by atoms with van der Waals surface area (Å²) in [5, 5.41) is 13.1. The molecule has 1 aromatic heterocycles. The summed E-state index contributed by atoms with van der Waals surface area (Å²) in [6, 6.07) is 8.23. The van der Waals surface area contributed by atoms with Gasteiger partial charge in [-0.1, -0.05) is 29.1 Å². The number of thioether (sulfide) groups is 1. The maximum absolute atomic E-state index is 9.23. The molecule has 2 aliphatic rings. The fraction of sp³-hybridized carbons (Fsp3) is 0.429. The molecule has 1 N–H and O–H groups in total. The molecule has 19 heavy (non-hydrogen) atoms. The van der Waals surface area contributed by atoms with Crippen molar-refractivity contribution in [2.24, 2.45) is 17.0 Å². The maximum Gasteiger partial charge on any atom is 0.151 e. The second-order valence-corrected chi connectivity index (χ2v) is 7.70. The van der Waals surface area contributed by atoms with Crippen molar-refractivity contribution in [1.82, 2.24) is 4.98 Å². The zero-order chi connectivity index (χ0) is 12.8. The monoisotopic (exact) mass is 290 g/mol. The highest BCUT2D eigenvalue weighted by Crippen LogP contribution is 2.50. The standard InChI is InChI=1S/C14H14N2OS2/c17-16-12-8-5-6-9(7-8)13(12)19-14-15-10-3-1-2-4-11(10)18-14/h1-4,8-9,13,17H,5-7H2/b16-12-/t8-,9-,13-/m0/s1. The van der Waals surface area contributed by atoms with Crippen LogP contribution in [0.25, 0.3) is 10.2 Å². The van der Waals surface area contributed by atoms with Crippen molar-refractivity contribution < 1.29 is 5.21 Å². The summed E-state index contributed by atoms with van der Waals surface area (Å²) in [7, 11) is 0. The third-order valence-corrected chi connectivity index (χ3v) is 6.77. The lowest BCUT2D eigenvalue weighted by molar-refractivity contribution is 0.314. The predicted octanol–water partition coefficient (Wildman–Crippen LogP) is 4.02. The van der Waals surface area contributed by atoms with Crippen LogP contribution in [0.5, 0.6) is 0 Å². The van der Waals surface area contributed by atoms with Crippen molar-refractivity contribution in [3.05, 3.63) is 24.3 Å². The highest BCUT2D eigenvalue weighted by atomic mass is 32.2. The van der Waals surface area contributed by atoms with Gasteiger partial charge in [-0.15, -0.1) is 11.3 Å². The zero-order valence-corrected chi connectivity index (χ0v) is 12.0. The van der Waals surface area contributed by atoms with Gasteiger partial charge >= 0.3 is 0 Å². The molecule has 0 spiro atoms. The third kappa shape index (κ3) is 1.87. The third-order valence-electron chi connectivity index (χ3n) is 4.23. The van der Waals surface area contributed by atoms with Gasteiger partial charge in [-0.05, 0) is 37.3 Å². The molecule has 4 rings (SSSR count). The minimum Gasteiger partial charge on any atom is -0.411 e. The summed E-state index contributed by atoms with van der Waals surface area (Å²) in [6.07, 6.45) is 3.66. The molecule has 98 valence electrons. The number of benzene rings is 1. The van der Waals surface area contributed by atoms with Gasteiger partial charge in [0.1, 0.15) is 0 Å². The number of rotatable bonds is 2. The van der Waals surface area contributed by atoms with Crippen molar-refractivity contribution in [3.63, 3.8) is 0 Å². The first-order valence-electron chi connectivity index (χ1n) is 6.59. The molecule has 3 atom stereocenters. The van der Waals surface area contributed by atoms with Crippen LogP contribution in [-0.4, -0.2) is 21.2 Å². The molecule has 0 amide bonds. The fourth-order valence-electron chi connectivity index (χ4n) is 3.34. The average molecular weight is 290 g/mol. The molecule has 0 unspecified atom stereocenters. The molecule has 2 fully saturated rings. The Bertz CT molecular complexity index is 619. The van der Waals surface area contributed by atoms with E-state index in [1.807, 2.05) is 12.1 Å². The molecule has 5 heteroatoms. The minimum atomic E-state index is 0.337. The highest BCUT2D eigenvalue weighted by Gasteiger charge is 2.46. The lowest BCUT2D eigenvalue weighted by Crippen LogP contribution is -2.24. The Morgan fingerprint density at radius 2 is 2.21 bits per heavy atom. The predicted molar refractivity (Wildman–Crippen MR) is 79.3 cm³/mol. The van der Waals surface area contributed by atoms with Gasteiger partial charge in [-0.2, -0.15) is 0 Å². The van der Waals surface area contributed by atoms with Crippen LogP contribution in [0, 0.1) is 11.8 Å². The van der Waals surface area contributed by atoms with E-state index >= 15 is 0 Å². The van der Waals surface area contributed by atoms with Crippen molar-refractivity contribution >= 4 is 39.0 Å². The summed E-state index contributed by atoms with van der Waals surface area (Å²) >= 11 is 3.53. The Hall–Kier alpha value is -1.07. The van der Waals surface area contributed by atoms with Crippen LogP contribution < -0.4 is 0 Å². The number of aromatic nitrogens is 1. The summed E-state index contributed by atoms with van der Waals surface area (Å²) < 4.78 is 2.33. The van der Waals surface area contributed by atoms with Crippen molar-refractivity contribution in [1.29, 1.82) is 0 Å². The van der Waals surface area contributed by atoms with Crippen LogP contribution in [0.4, 0.5) is 0 Å². The van der Waals surface area contributed by atoms with E-state index in [9.17, 15) is 5.21 Å². The number of thiazole rings is 1. The largest absolute Gasteiger partial charge is 0.411 e.